The highest BCUT2D eigenvalue weighted by molar-refractivity contribution is 7.80. The number of nitrogens with two attached hydrogens (primary N) is 1. The Bertz CT molecular complexity index is 536. The first-order valence-electron chi connectivity index (χ1n) is 6.50. The number of rotatable bonds is 4. The van der Waals surface area contributed by atoms with Crippen molar-refractivity contribution in [1.29, 1.82) is 0 Å². The van der Waals surface area contributed by atoms with Gasteiger partial charge in [0.15, 0.2) is 0 Å². The molecular formula is C13H16F3N3OS. The zero-order chi connectivity index (χ0) is 15.6. The van der Waals surface area contributed by atoms with Crippen molar-refractivity contribution < 1.29 is 17.9 Å². The van der Waals surface area contributed by atoms with Gasteiger partial charge < -0.3 is 15.8 Å². The minimum absolute atomic E-state index is 0.00527. The number of ether oxygens (including phenoxy) is 1. The van der Waals surface area contributed by atoms with Crippen molar-refractivity contribution in [2.24, 2.45) is 5.73 Å². The maximum absolute atomic E-state index is 12.8. The Hall–Kier alpha value is -1.41. The van der Waals surface area contributed by atoms with Gasteiger partial charge in [-0.1, -0.05) is 12.2 Å². The molecule has 4 nitrogen and oxygen atoms in total. The van der Waals surface area contributed by atoms with Crippen LogP contribution < -0.4 is 11.1 Å². The summed E-state index contributed by atoms with van der Waals surface area (Å²) >= 11 is 4.87. The average molecular weight is 319 g/mol. The number of halogens is 3. The summed E-state index contributed by atoms with van der Waals surface area (Å²) in [7, 11) is 1.58. The van der Waals surface area contributed by atoms with Crippen LogP contribution in [0.15, 0.2) is 12.1 Å². The van der Waals surface area contributed by atoms with E-state index in [-0.39, 0.29) is 23.0 Å². The topological polar surface area (TPSA) is 60.2 Å². The molecule has 1 heterocycles. The summed E-state index contributed by atoms with van der Waals surface area (Å²) < 4.78 is 43.7. The maximum atomic E-state index is 12.8. The van der Waals surface area contributed by atoms with Gasteiger partial charge in [-0.15, -0.1) is 0 Å². The third kappa shape index (κ3) is 3.62. The van der Waals surface area contributed by atoms with Crippen LogP contribution in [0.25, 0.3) is 0 Å². The Morgan fingerprint density at radius 3 is 2.71 bits per heavy atom. The summed E-state index contributed by atoms with van der Waals surface area (Å²) in [4.78, 5) is 3.64. The molecule has 2 atom stereocenters. The van der Waals surface area contributed by atoms with Crippen LogP contribution in [0.5, 0.6) is 0 Å². The highest BCUT2D eigenvalue weighted by Gasteiger charge is 2.34. The molecule has 0 radical (unpaired) electrons. The third-order valence-electron chi connectivity index (χ3n) is 3.53. The first kappa shape index (κ1) is 16.0. The van der Waals surface area contributed by atoms with E-state index < -0.39 is 11.9 Å². The molecule has 1 aliphatic carbocycles. The van der Waals surface area contributed by atoms with Gasteiger partial charge in [0.25, 0.3) is 0 Å². The monoisotopic (exact) mass is 319 g/mol. The maximum Gasteiger partial charge on any atom is 0.433 e. The zero-order valence-corrected chi connectivity index (χ0v) is 12.2. The Morgan fingerprint density at radius 1 is 1.43 bits per heavy atom. The fourth-order valence-corrected chi connectivity index (χ4v) is 2.64. The van der Waals surface area contributed by atoms with Gasteiger partial charge in [0.05, 0.1) is 17.7 Å². The number of anilines is 1. The molecule has 0 saturated heterocycles. The lowest BCUT2D eigenvalue weighted by Gasteiger charge is -2.22. The molecule has 2 rings (SSSR count). The summed E-state index contributed by atoms with van der Waals surface area (Å²) in [5.41, 5.74) is 4.88. The number of nitrogens with one attached hydrogen (secondary N) is 1. The minimum atomic E-state index is -4.51. The van der Waals surface area contributed by atoms with Gasteiger partial charge in [0.2, 0.25) is 0 Å². The lowest BCUT2D eigenvalue weighted by atomic mass is 10.1. The number of thiocarbonyl (C=S) groups is 1. The van der Waals surface area contributed by atoms with Crippen LogP contribution in [-0.2, 0) is 10.9 Å². The SMILES string of the molecule is COC1CCCC1Nc1nc(C(F)(F)F)ccc1C(N)=S. The smallest absolute Gasteiger partial charge is 0.389 e. The summed E-state index contributed by atoms with van der Waals surface area (Å²) in [5, 5.41) is 3.00. The largest absolute Gasteiger partial charge is 0.433 e. The van der Waals surface area contributed by atoms with Gasteiger partial charge in [-0.3, -0.25) is 0 Å². The van der Waals surface area contributed by atoms with Crippen LogP contribution in [0.3, 0.4) is 0 Å². The van der Waals surface area contributed by atoms with E-state index in [1.165, 1.54) is 6.07 Å². The second-order valence-electron chi connectivity index (χ2n) is 4.91. The molecule has 2 unspecified atom stereocenters. The van der Waals surface area contributed by atoms with E-state index in [4.69, 9.17) is 22.7 Å². The number of hydrogen-bond donors (Lipinski definition) is 2. The number of alkyl halides is 3. The van der Waals surface area contributed by atoms with Crippen LogP contribution >= 0.6 is 12.2 Å². The van der Waals surface area contributed by atoms with Gasteiger partial charge in [-0.25, -0.2) is 4.98 Å². The van der Waals surface area contributed by atoms with Crippen molar-refractivity contribution in [3.63, 3.8) is 0 Å². The molecule has 0 aromatic carbocycles. The molecular weight excluding hydrogens is 303 g/mol. The fourth-order valence-electron chi connectivity index (χ4n) is 2.47. The number of pyridine rings is 1. The number of methoxy groups -OCH3 is 1. The quantitative estimate of drug-likeness (QED) is 0.836. The lowest BCUT2D eigenvalue weighted by molar-refractivity contribution is -0.141. The van der Waals surface area contributed by atoms with Crippen molar-refractivity contribution in [3.05, 3.63) is 23.4 Å². The summed E-state index contributed by atoms with van der Waals surface area (Å²) in [6.45, 7) is 0. The molecule has 3 N–H and O–H groups in total. The van der Waals surface area contributed by atoms with Crippen molar-refractivity contribution in [3.8, 4) is 0 Å². The van der Waals surface area contributed by atoms with E-state index in [2.05, 4.69) is 10.3 Å². The molecule has 8 heteroatoms. The second-order valence-corrected chi connectivity index (χ2v) is 5.35. The molecule has 1 aromatic rings. The summed E-state index contributed by atoms with van der Waals surface area (Å²) in [6, 6.07) is 2.03. The molecule has 1 saturated carbocycles. The third-order valence-corrected chi connectivity index (χ3v) is 3.75. The molecule has 21 heavy (non-hydrogen) atoms. The Morgan fingerprint density at radius 2 is 2.14 bits per heavy atom. The van der Waals surface area contributed by atoms with E-state index in [0.29, 0.717) is 5.56 Å². The van der Waals surface area contributed by atoms with E-state index in [9.17, 15) is 13.2 Å². The molecule has 1 aromatic heterocycles. The molecule has 0 spiro atoms. The van der Waals surface area contributed by atoms with Crippen LogP contribution in [-0.4, -0.2) is 29.2 Å². The Labute approximate surface area is 125 Å². The standard InChI is InChI=1S/C13H16F3N3OS/c1-20-9-4-2-3-8(9)18-12-7(11(17)21)5-6-10(19-12)13(14,15)16/h5-6,8-9H,2-4H2,1H3,(H2,17,21)(H,18,19). The van der Waals surface area contributed by atoms with Crippen molar-refractivity contribution in [1.82, 2.24) is 4.98 Å². The van der Waals surface area contributed by atoms with E-state index >= 15 is 0 Å². The van der Waals surface area contributed by atoms with Crippen LogP contribution in [0, 0.1) is 0 Å². The molecule has 1 aliphatic rings. The van der Waals surface area contributed by atoms with Crippen LogP contribution in [0.1, 0.15) is 30.5 Å². The van der Waals surface area contributed by atoms with Gasteiger partial charge in [-0.05, 0) is 31.4 Å². The zero-order valence-electron chi connectivity index (χ0n) is 11.4. The first-order valence-corrected chi connectivity index (χ1v) is 6.91. The average Bonchev–Trinajstić information content (AvgIpc) is 2.84. The number of hydrogen-bond acceptors (Lipinski definition) is 4. The second kappa shape index (κ2) is 6.15. The molecule has 116 valence electrons. The van der Waals surface area contributed by atoms with Gasteiger partial charge in [-0.2, -0.15) is 13.2 Å². The van der Waals surface area contributed by atoms with Crippen molar-refractivity contribution in [2.75, 3.05) is 12.4 Å². The van der Waals surface area contributed by atoms with Gasteiger partial charge >= 0.3 is 6.18 Å². The molecule has 0 bridgehead atoms. The summed E-state index contributed by atoms with van der Waals surface area (Å²) in [5.74, 6) is 0.0614. The minimum Gasteiger partial charge on any atom is -0.389 e. The van der Waals surface area contributed by atoms with E-state index in [1.807, 2.05) is 0 Å². The van der Waals surface area contributed by atoms with Crippen molar-refractivity contribution in [2.45, 2.75) is 37.6 Å². The Kier molecular flexibility index (Phi) is 4.67. The highest BCUT2D eigenvalue weighted by Crippen LogP contribution is 2.31. The molecule has 0 amide bonds. The Balaban J connectivity index is 2.32. The molecule has 0 aliphatic heterocycles. The first-order chi connectivity index (χ1) is 9.82. The van der Waals surface area contributed by atoms with E-state index in [1.54, 1.807) is 7.11 Å². The van der Waals surface area contributed by atoms with Crippen molar-refractivity contribution >= 4 is 23.0 Å². The van der Waals surface area contributed by atoms with Crippen LogP contribution in [0.4, 0.5) is 19.0 Å². The predicted octanol–water partition coefficient (Wildman–Crippen LogP) is 2.71. The van der Waals surface area contributed by atoms with Gasteiger partial charge in [0.1, 0.15) is 16.5 Å². The van der Waals surface area contributed by atoms with E-state index in [0.717, 1.165) is 25.3 Å². The van der Waals surface area contributed by atoms with Gasteiger partial charge in [0, 0.05) is 7.11 Å². The molecule has 1 fully saturated rings. The normalized spacial score (nSPS) is 22.3. The lowest BCUT2D eigenvalue weighted by Crippen LogP contribution is -2.31. The van der Waals surface area contributed by atoms with Crippen LogP contribution in [0.2, 0.25) is 0 Å². The highest BCUT2D eigenvalue weighted by atomic mass is 32.1. The fraction of sp³-hybridized carbons (Fsp3) is 0.538. The number of aromatic nitrogens is 1. The predicted molar refractivity (Wildman–Crippen MR) is 77.2 cm³/mol. The summed E-state index contributed by atoms with van der Waals surface area (Å²) in [6.07, 6.45) is -1.97. The number of nitrogens with zero attached hydrogens (tertiary/aromatic N) is 1.